The Kier molecular flexibility index (Phi) is 4.76. The third-order valence-corrected chi connectivity index (χ3v) is 4.19. The molecule has 2 atom stereocenters. The standard InChI is InChI=1S/C13H16BrFN2OS/c1-7-6-8(4-5-18-7)17-10-3-2-9(13(16)19)11(14)12(10)15/h2-3,7-8,17H,4-6H2,1H3,(H2,16,19). The van der Waals surface area contributed by atoms with Gasteiger partial charge in [-0.3, -0.25) is 0 Å². The van der Waals surface area contributed by atoms with E-state index in [2.05, 4.69) is 21.2 Å². The number of thiocarbonyl (C=S) groups is 1. The summed E-state index contributed by atoms with van der Waals surface area (Å²) in [5.41, 5.74) is 6.51. The second-order valence-corrected chi connectivity index (χ2v) is 5.93. The Morgan fingerprint density at radius 1 is 1.58 bits per heavy atom. The van der Waals surface area contributed by atoms with E-state index in [0.29, 0.717) is 22.3 Å². The zero-order valence-electron chi connectivity index (χ0n) is 10.6. The van der Waals surface area contributed by atoms with Gasteiger partial charge in [0.05, 0.1) is 16.3 Å². The van der Waals surface area contributed by atoms with E-state index in [9.17, 15) is 4.39 Å². The Bertz CT molecular complexity index is 498. The summed E-state index contributed by atoms with van der Waals surface area (Å²) in [7, 11) is 0. The maximum Gasteiger partial charge on any atom is 0.161 e. The van der Waals surface area contributed by atoms with Crippen LogP contribution in [0, 0.1) is 5.82 Å². The maximum atomic E-state index is 14.2. The molecule has 1 heterocycles. The van der Waals surface area contributed by atoms with Crippen LogP contribution in [0.15, 0.2) is 16.6 Å². The number of benzene rings is 1. The van der Waals surface area contributed by atoms with Crippen LogP contribution in [-0.4, -0.2) is 23.7 Å². The quantitative estimate of drug-likeness (QED) is 0.825. The Labute approximate surface area is 125 Å². The van der Waals surface area contributed by atoms with Crippen LogP contribution in [0.4, 0.5) is 10.1 Å². The Morgan fingerprint density at radius 3 is 2.95 bits per heavy atom. The van der Waals surface area contributed by atoms with Crippen LogP contribution in [0.2, 0.25) is 0 Å². The molecule has 1 aliphatic heterocycles. The summed E-state index contributed by atoms with van der Waals surface area (Å²) in [5, 5.41) is 3.22. The molecule has 1 aliphatic rings. The highest BCUT2D eigenvalue weighted by Crippen LogP contribution is 2.29. The number of anilines is 1. The Balaban J connectivity index is 2.17. The summed E-state index contributed by atoms with van der Waals surface area (Å²) in [6.45, 7) is 2.72. The number of rotatable bonds is 3. The maximum absolute atomic E-state index is 14.2. The summed E-state index contributed by atoms with van der Waals surface area (Å²) < 4.78 is 20.0. The van der Waals surface area contributed by atoms with Crippen LogP contribution in [0.5, 0.6) is 0 Å². The SMILES string of the molecule is CC1CC(Nc2ccc(C(N)=S)c(Br)c2F)CCO1. The molecule has 104 valence electrons. The summed E-state index contributed by atoms with van der Waals surface area (Å²) in [4.78, 5) is 0.178. The monoisotopic (exact) mass is 346 g/mol. The van der Waals surface area contributed by atoms with Crippen LogP contribution >= 0.6 is 28.1 Å². The minimum Gasteiger partial charge on any atom is -0.389 e. The second kappa shape index (κ2) is 6.15. The van der Waals surface area contributed by atoms with Crippen molar-refractivity contribution >= 4 is 38.8 Å². The van der Waals surface area contributed by atoms with Crippen LogP contribution < -0.4 is 11.1 Å². The van der Waals surface area contributed by atoms with Gasteiger partial charge in [0.2, 0.25) is 0 Å². The van der Waals surface area contributed by atoms with Gasteiger partial charge in [-0.2, -0.15) is 0 Å². The highest BCUT2D eigenvalue weighted by molar-refractivity contribution is 9.10. The van der Waals surface area contributed by atoms with E-state index in [1.54, 1.807) is 12.1 Å². The predicted molar refractivity (Wildman–Crippen MR) is 82.0 cm³/mol. The fraction of sp³-hybridized carbons (Fsp3) is 0.462. The van der Waals surface area contributed by atoms with Crippen LogP contribution in [0.25, 0.3) is 0 Å². The van der Waals surface area contributed by atoms with Crippen LogP contribution in [-0.2, 0) is 4.74 Å². The molecule has 1 saturated heterocycles. The number of hydrogen-bond donors (Lipinski definition) is 2. The molecular weight excluding hydrogens is 331 g/mol. The molecule has 0 saturated carbocycles. The number of nitrogens with two attached hydrogens (primary N) is 1. The molecule has 6 heteroatoms. The van der Waals surface area contributed by atoms with Crippen molar-refractivity contribution in [2.75, 3.05) is 11.9 Å². The molecule has 19 heavy (non-hydrogen) atoms. The Hall–Kier alpha value is -0.720. The highest BCUT2D eigenvalue weighted by Gasteiger charge is 2.21. The van der Waals surface area contributed by atoms with Gasteiger partial charge in [0.15, 0.2) is 5.82 Å². The normalized spacial score (nSPS) is 23.1. The van der Waals surface area contributed by atoms with Crippen molar-refractivity contribution in [2.45, 2.75) is 31.9 Å². The first-order valence-corrected chi connectivity index (χ1v) is 7.35. The number of ether oxygens (including phenoxy) is 1. The lowest BCUT2D eigenvalue weighted by Gasteiger charge is -2.29. The van der Waals surface area contributed by atoms with Crippen molar-refractivity contribution in [3.05, 3.63) is 28.0 Å². The molecule has 0 radical (unpaired) electrons. The van der Waals surface area contributed by atoms with Crippen LogP contribution in [0.3, 0.4) is 0 Å². The molecule has 0 aliphatic carbocycles. The molecule has 1 aromatic carbocycles. The van der Waals surface area contributed by atoms with Gasteiger partial charge in [-0.1, -0.05) is 12.2 Å². The van der Waals surface area contributed by atoms with Crippen molar-refractivity contribution < 1.29 is 9.13 Å². The van der Waals surface area contributed by atoms with Crippen LogP contribution in [0.1, 0.15) is 25.3 Å². The first kappa shape index (κ1) is 14.7. The van der Waals surface area contributed by atoms with E-state index in [1.165, 1.54) is 0 Å². The topological polar surface area (TPSA) is 47.3 Å². The average molecular weight is 347 g/mol. The van der Waals surface area contributed by atoms with Gasteiger partial charge >= 0.3 is 0 Å². The van der Waals surface area contributed by atoms with E-state index < -0.39 is 0 Å². The van der Waals surface area contributed by atoms with Gasteiger partial charge in [0.25, 0.3) is 0 Å². The summed E-state index contributed by atoms with van der Waals surface area (Å²) in [6, 6.07) is 3.62. The summed E-state index contributed by atoms with van der Waals surface area (Å²) in [6.07, 6.45) is 1.95. The van der Waals surface area contributed by atoms with E-state index in [1.807, 2.05) is 6.92 Å². The molecule has 0 amide bonds. The van der Waals surface area contributed by atoms with Gasteiger partial charge in [-0.05, 0) is 47.8 Å². The first-order valence-electron chi connectivity index (χ1n) is 6.15. The Morgan fingerprint density at radius 2 is 2.32 bits per heavy atom. The molecule has 1 aromatic rings. The fourth-order valence-electron chi connectivity index (χ4n) is 2.20. The second-order valence-electron chi connectivity index (χ2n) is 4.70. The lowest BCUT2D eigenvalue weighted by molar-refractivity contribution is 0.0232. The zero-order valence-corrected chi connectivity index (χ0v) is 13.0. The smallest absolute Gasteiger partial charge is 0.161 e. The summed E-state index contributed by atoms with van der Waals surface area (Å²) in [5.74, 6) is -0.357. The van der Waals surface area contributed by atoms with Gasteiger partial charge in [-0.15, -0.1) is 0 Å². The third kappa shape index (κ3) is 3.43. The molecule has 1 fully saturated rings. The van der Waals surface area contributed by atoms with E-state index in [-0.39, 0.29) is 23.0 Å². The van der Waals surface area contributed by atoms with E-state index in [0.717, 1.165) is 12.8 Å². The van der Waals surface area contributed by atoms with E-state index in [4.69, 9.17) is 22.7 Å². The number of nitrogens with one attached hydrogen (secondary N) is 1. The lowest BCUT2D eigenvalue weighted by atomic mass is 10.0. The third-order valence-electron chi connectivity index (χ3n) is 3.19. The molecule has 0 bridgehead atoms. The molecular formula is C13H16BrFN2OS. The predicted octanol–water partition coefficient (Wildman–Crippen LogP) is 3.20. The molecule has 0 spiro atoms. The van der Waals surface area contributed by atoms with Crippen molar-refractivity contribution in [3.8, 4) is 0 Å². The van der Waals surface area contributed by atoms with Gasteiger partial charge in [0, 0.05) is 18.2 Å². The molecule has 3 nitrogen and oxygen atoms in total. The summed E-state index contributed by atoms with van der Waals surface area (Å²) >= 11 is 8.07. The molecule has 2 rings (SSSR count). The van der Waals surface area contributed by atoms with Crippen molar-refractivity contribution in [2.24, 2.45) is 5.73 Å². The van der Waals surface area contributed by atoms with Gasteiger partial charge in [-0.25, -0.2) is 4.39 Å². The van der Waals surface area contributed by atoms with Gasteiger partial charge in [0.1, 0.15) is 4.99 Å². The molecule has 3 N–H and O–H groups in total. The minimum absolute atomic E-state index is 0.178. The number of halogens is 2. The number of hydrogen-bond acceptors (Lipinski definition) is 3. The lowest BCUT2D eigenvalue weighted by Crippen LogP contribution is -2.32. The highest BCUT2D eigenvalue weighted by atomic mass is 79.9. The van der Waals surface area contributed by atoms with E-state index >= 15 is 0 Å². The van der Waals surface area contributed by atoms with Crippen molar-refractivity contribution in [1.82, 2.24) is 0 Å². The zero-order chi connectivity index (χ0) is 14.0. The van der Waals surface area contributed by atoms with Gasteiger partial charge < -0.3 is 15.8 Å². The molecule has 0 aromatic heterocycles. The van der Waals surface area contributed by atoms with Crippen molar-refractivity contribution in [3.63, 3.8) is 0 Å². The molecule has 2 unspecified atom stereocenters. The average Bonchev–Trinajstić information content (AvgIpc) is 2.35. The van der Waals surface area contributed by atoms with Crippen molar-refractivity contribution in [1.29, 1.82) is 0 Å². The fourth-order valence-corrected chi connectivity index (χ4v) is 3.06. The first-order chi connectivity index (χ1) is 8.99. The minimum atomic E-state index is -0.357. The largest absolute Gasteiger partial charge is 0.389 e.